The van der Waals surface area contributed by atoms with Crippen LogP contribution in [-0.4, -0.2) is 29.1 Å². The molecule has 0 aliphatic rings. The minimum absolute atomic E-state index is 0.108. The van der Waals surface area contributed by atoms with Crippen LogP contribution in [0.2, 0.25) is 0 Å². The van der Waals surface area contributed by atoms with Gasteiger partial charge in [-0.1, -0.05) is 30.3 Å². The van der Waals surface area contributed by atoms with Crippen LogP contribution in [0.1, 0.15) is 16.1 Å². The van der Waals surface area contributed by atoms with E-state index in [9.17, 15) is 14.4 Å². The van der Waals surface area contributed by atoms with E-state index in [-0.39, 0.29) is 12.0 Å². The monoisotopic (exact) mass is 352 g/mol. The molecule has 132 valence electrons. The van der Waals surface area contributed by atoms with Crippen LogP contribution in [0.15, 0.2) is 53.3 Å². The topological polar surface area (TPSA) is 113 Å². The number of hydrazine groups is 1. The molecule has 8 nitrogen and oxygen atoms in total. The van der Waals surface area contributed by atoms with Crippen molar-refractivity contribution in [2.24, 2.45) is 0 Å². The first-order chi connectivity index (χ1) is 12.6. The molecule has 1 heterocycles. The maximum atomic E-state index is 12.2. The number of hydrogen-bond donors (Lipinski definition) is 3. The fourth-order valence-electron chi connectivity index (χ4n) is 2.53. The van der Waals surface area contributed by atoms with Crippen LogP contribution in [0.25, 0.3) is 10.8 Å². The fourth-order valence-corrected chi connectivity index (χ4v) is 2.53. The molecule has 0 aliphatic carbocycles. The van der Waals surface area contributed by atoms with Crippen molar-refractivity contribution in [3.63, 3.8) is 0 Å². The Kier molecular flexibility index (Phi) is 4.93. The van der Waals surface area contributed by atoms with E-state index in [0.29, 0.717) is 27.8 Å². The lowest BCUT2D eigenvalue weighted by Crippen LogP contribution is -2.42. The van der Waals surface area contributed by atoms with Crippen molar-refractivity contribution in [2.45, 2.75) is 6.42 Å². The van der Waals surface area contributed by atoms with Crippen LogP contribution in [0.5, 0.6) is 5.75 Å². The predicted molar refractivity (Wildman–Crippen MR) is 94.7 cm³/mol. The molecular formula is C18H16N4O4. The van der Waals surface area contributed by atoms with Crippen molar-refractivity contribution < 1.29 is 14.3 Å². The Morgan fingerprint density at radius 1 is 1.04 bits per heavy atom. The smallest absolute Gasteiger partial charge is 0.273 e. The first-order valence-corrected chi connectivity index (χ1v) is 7.78. The summed E-state index contributed by atoms with van der Waals surface area (Å²) in [4.78, 5) is 36.1. The van der Waals surface area contributed by atoms with E-state index in [1.165, 1.54) is 7.11 Å². The van der Waals surface area contributed by atoms with Crippen LogP contribution >= 0.6 is 0 Å². The zero-order valence-electron chi connectivity index (χ0n) is 13.9. The number of nitrogens with one attached hydrogen (secondary N) is 3. The molecule has 8 heteroatoms. The molecular weight excluding hydrogens is 336 g/mol. The van der Waals surface area contributed by atoms with Crippen LogP contribution in [0.3, 0.4) is 0 Å². The molecule has 0 spiro atoms. The average molecular weight is 352 g/mol. The SMILES string of the molecule is COc1ccccc1C(=O)NNC(=O)Cc1n[nH]c(=O)c2ccccc12. The summed E-state index contributed by atoms with van der Waals surface area (Å²) >= 11 is 0. The summed E-state index contributed by atoms with van der Waals surface area (Å²) in [5, 5.41) is 7.33. The number of ether oxygens (including phenoxy) is 1. The Hall–Kier alpha value is -3.68. The molecule has 0 atom stereocenters. The minimum Gasteiger partial charge on any atom is -0.496 e. The largest absolute Gasteiger partial charge is 0.496 e. The maximum Gasteiger partial charge on any atom is 0.273 e. The van der Waals surface area contributed by atoms with E-state index in [1.807, 2.05) is 0 Å². The molecule has 2 amide bonds. The molecule has 0 saturated carbocycles. The number of benzene rings is 2. The summed E-state index contributed by atoms with van der Waals surface area (Å²) < 4.78 is 5.11. The van der Waals surface area contributed by atoms with Crippen LogP contribution in [0.4, 0.5) is 0 Å². The van der Waals surface area contributed by atoms with E-state index in [2.05, 4.69) is 21.0 Å². The summed E-state index contributed by atoms with van der Waals surface area (Å²) in [6.45, 7) is 0. The van der Waals surface area contributed by atoms with Crippen LogP contribution < -0.4 is 21.1 Å². The van der Waals surface area contributed by atoms with Gasteiger partial charge in [0.2, 0.25) is 5.91 Å². The van der Waals surface area contributed by atoms with Crippen molar-refractivity contribution in [1.82, 2.24) is 21.0 Å². The van der Waals surface area contributed by atoms with Gasteiger partial charge in [-0.25, -0.2) is 5.10 Å². The highest BCUT2D eigenvalue weighted by Crippen LogP contribution is 2.16. The molecule has 0 fully saturated rings. The molecule has 3 N–H and O–H groups in total. The molecule has 0 bridgehead atoms. The summed E-state index contributed by atoms with van der Waals surface area (Å²) in [5.41, 5.74) is 5.05. The number of para-hydroxylation sites is 1. The van der Waals surface area contributed by atoms with Gasteiger partial charge >= 0.3 is 0 Å². The number of carbonyl (C=O) groups is 2. The highest BCUT2D eigenvalue weighted by Gasteiger charge is 2.14. The zero-order chi connectivity index (χ0) is 18.5. The highest BCUT2D eigenvalue weighted by atomic mass is 16.5. The lowest BCUT2D eigenvalue weighted by atomic mass is 10.1. The Morgan fingerprint density at radius 3 is 2.50 bits per heavy atom. The summed E-state index contributed by atoms with van der Waals surface area (Å²) in [5.74, 6) is -0.583. The van der Waals surface area contributed by atoms with Gasteiger partial charge in [0.05, 0.1) is 30.2 Å². The molecule has 3 aromatic rings. The Balaban J connectivity index is 1.69. The second kappa shape index (κ2) is 7.47. The fraction of sp³-hybridized carbons (Fsp3) is 0.111. The first-order valence-electron chi connectivity index (χ1n) is 7.78. The van der Waals surface area contributed by atoms with Gasteiger partial charge in [-0.05, 0) is 18.2 Å². The van der Waals surface area contributed by atoms with E-state index in [1.54, 1.807) is 48.5 Å². The number of hydrogen-bond acceptors (Lipinski definition) is 5. The van der Waals surface area contributed by atoms with E-state index in [4.69, 9.17) is 4.74 Å². The number of rotatable bonds is 4. The van der Waals surface area contributed by atoms with Crippen LogP contribution in [0, 0.1) is 0 Å². The molecule has 0 aliphatic heterocycles. The highest BCUT2D eigenvalue weighted by molar-refractivity contribution is 5.98. The van der Waals surface area contributed by atoms with Gasteiger partial charge in [0, 0.05) is 5.39 Å². The maximum absolute atomic E-state index is 12.2. The normalized spacial score (nSPS) is 10.3. The number of aromatic nitrogens is 2. The lowest BCUT2D eigenvalue weighted by molar-refractivity contribution is -0.121. The Morgan fingerprint density at radius 2 is 1.73 bits per heavy atom. The van der Waals surface area contributed by atoms with Gasteiger partial charge in [0.25, 0.3) is 11.5 Å². The second-order valence-corrected chi connectivity index (χ2v) is 5.42. The van der Waals surface area contributed by atoms with Crippen molar-refractivity contribution in [2.75, 3.05) is 7.11 Å². The standard InChI is InChI=1S/C18H16N4O4/c1-26-15-9-5-4-8-13(15)18(25)22-20-16(23)10-14-11-6-2-3-7-12(11)17(24)21-19-14/h2-9H,10H2,1H3,(H,20,23)(H,21,24)(H,22,25). The minimum atomic E-state index is -0.505. The van der Waals surface area contributed by atoms with Crippen molar-refractivity contribution in [3.8, 4) is 5.75 Å². The molecule has 26 heavy (non-hydrogen) atoms. The lowest BCUT2D eigenvalue weighted by Gasteiger charge is -2.10. The Bertz CT molecular complexity index is 1030. The summed E-state index contributed by atoms with van der Waals surface area (Å²) in [6.07, 6.45) is -0.108. The number of methoxy groups -OCH3 is 1. The number of nitrogens with zero attached hydrogens (tertiary/aromatic N) is 1. The number of carbonyl (C=O) groups excluding carboxylic acids is 2. The summed E-state index contributed by atoms with van der Waals surface area (Å²) in [6, 6.07) is 13.5. The van der Waals surface area contributed by atoms with Gasteiger partial charge in [-0.15, -0.1) is 0 Å². The average Bonchev–Trinajstić information content (AvgIpc) is 2.68. The number of fused-ring (bicyclic) bond motifs is 1. The molecule has 0 saturated heterocycles. The van der Waals surface area contributed by atoms with Gasteiger partial charge in [-0.3, -0.25) is 25.2 Å². The molecule has 2 aromatic carbocycles. The quantitative estimate of drug-likeness (QED) is 0.605. The summed E-state index contributed by atoms with van der Waals surface area (Å²) in [7, 11) is 1.46. The molecule has 0 radical (unpaired) electrons. The number of H-pyrrole nitrogens is 1. The Labute approximate surface area is 148 Å². The number of aromatic amines is 1. The third-order valence-electron chi connectivity index (χ3n) is 3.77. The molecule has 0 unspecified atom stereocenters. The molecule has 1 aromatic heterocycles. The van der Waals surface area contributed by atoms with Crippen LogP contribution in [-0.2, 0) is 11.2 Å². The van der Waals surface area contributed by atoms with E-state index in [0.717, 1.165) is 0 Å². The van der Waals surface area contributed by atoms with Gasteiger partial charge in [0.15, 0.2) is 0 Å². The van der Waals surface area contributed by atoms with E-state index >= 15 is 0 Å². The third kappa shape index (κ3) is 3.54. The molecule has 3 rings (SSSR count). The zero-order valence-corrected chi connectivity index (χ0v) is 13.9. The van der Waals surface area contributed by atoms with Crippen molar-refractivity contribution >= 4 is 22.6 Å². The second-order valence-electron chi connectivity index (χ2n) is 5.42. The van der Waals surface area contributed by atoms with Gasteiger partial charge in [0.1, 0.15) is 5.75 Å². The first kappa shape index (κ1) is 17.2. The van der Waals surface area contributed by atoms with Crippen molar-refractivity contribution in [3.05, 3.63) is 70.1 Å². The van der Waals surface area contributed by atoms with Crippen molar-refractivity contribution in [1.29, 1.82) is 0 Å². The van der Waals surface area contributed by atoms with E-state index < -0.39 is 11.8 Å². The van der Waals surface area contributed by atoms with Gasteiger partial charge in [-0.2, -0.15) is 5.10 Å². The third-order valence-corrected chi connectivity index (χ3v) is 3.77. The number of amides is 2. The predicted octanol–water partition coefficient (Wildman–Crippen LogP) is 0.935. The van der Waals surface area contributed by atoms with Gasteiger partial charge < -0.3 is 4.74 Å².